The maximum atomic E-state index is 12.4. The summed E-state index contributed by atoms with van der Waals surface area (Å²) in [6, 6.07) is 2.37. The van der Waals surface area contributed by atoms with Gasteiger partial charge in [0.05, 0.1) is 19.9 Å². The Balaban J connectivity index is 3.21. The molecule has 0 radical (unpaired) electrons. The van der Waals surface area contributed by atoms with Crippen LogP contribution in [0.3, 0.4) is 0 Å². The zero-order valence-corrected chi connectivity index (χ0v) is 13.2. The minimum Gasteiger partial charge on any atom is -0.495 e. The van der Waals surface area contributed by atoms with Crippen LogP contribution >= 0.6 is 0 Å². The van der Waals surface area contributed by atoms with Crippen LogP contribution in [0, 0.1) is 0 Å². The standard InChI is InChI=1S/C13H22N2O5S/c1-4-9(5-6-16)15-21(17,18)13-7-10(14)11(19-2)8-12(13)20-3/h7-9,15-16H,4-6,14H2,1-3H3. The van der Waals surface area contributed by atoms with Crippen LogP contribution in [0.2, 0.25) is 0 Å². The lowest BCUT2D eigenvalue weighted by Gasteiger charge is -2.18. The Labute approximate surface area is 125 Å². The summed E-state index contributed by atoms with van der Waals surface area (Å²) >= 11 is 0. The quantitative estimate of drug-likeness (QED) is 0.609. The van der Waals surface area contributed by atoms with E-state index in [1.54, 1.807) is 0 Å². The van der Waals surface area contributed by atoms with E-state index in [1.807, 2.05) is 6.92 Å². The van der Waals surface area contributed by atoms with E-state index in [-0.39, 0.29) is 29.0 Å². The van der Waals surface area contributed by atoms with Crippen molar-refractivity contribution in [3.8, 4) is 11.5 Å². The SMILES string of the molecule is CCC(CCO)NS(=O)(=O)c1cc(N)c(OC)cc1OC. The van der Waals surface area contributed by atoms with Gasteiger partial charge in [-0.3, -0.25) is 0 Å². The van der Waals surface area contributed by atoms with E-state index >= 15 is 0 Å². The zero-order chi connectivity index (χ0) is 16.0. The number of anilines is 1. The molecule has 0 saturated heterocycles. The van der Waals surface area contributed by atoms with Crippen LogP contribution < -0.4 is 19.9 Å². The van der Waals surface area contributed by atoms with Crippen LogP contribution in [0.4, 0.5) is 5.69 Å². The highest BCUT2D eigenvalue weighted by Gasteiger charge is 2.24. The molecule has 0 spiro atoms. The zero-order valence-electron chi connectivity index (χ0n) is 12.4. The van der Waals surface area contributed by atoms with Crippen molar-refractivity contribution in [2.75, 3.05) is 26.6 Å². The molecule has 1 atom stereocenters. The number of sulfonamides is 1. The van der Waals surface area contributed by atoms with Gasteiger partial charge in [0, 0.05) is 18.7 Å². The Bertz CT molecular complexity index is 574. The average molecular weight is 318 g/mol. The van der Waals surface area contributed by atoms with E-state index in [0.717, 1.165) is 0 Å². The lowest BCUT2D eigenvalue weighted by molar-refractivity contribution is 0.270. The van der Waals surface area contributed by atoms with Crippen molar-refractivity contribution in [2.45, 2.75) is 30.7 Å². The lowest BCUT2D eigenvalue weighted by atomic mass is 10.2. The fraction of sp³-hybridized carbons (Fsp3) is 0.538. The fourth-order valence-corrected chi connectivity index (χ4v) is 3.43. The normalized spacial score (nSPS) is 13.0. The minimum absolute atomic E-state index is 0.0558. The molecule has 0 fully saturated rings. The fourth-order valence-electron chi connectivity index (χ4n) is 1.89. The topological polar surface area (TPSA) is 111 Å². The molecule has 0 aliphatic rings. The van der Waals surface area contributed by atoms with Gasteiger partial charge in [0.15, 0.2) is 0 Å². The highest BCUT2D eigenvalue weighted by atomic mass is 32.2. The van der Waals surface area contributed by atoms with Crippen LogP contribution in [-0.2, 0) is 10.0 Å². The molecule has 1 unspecified atom stereocenters. The average Bonchev–Trinajstić information content (AvgIpc) is 2.46. The number of methoxy groups -OCH3 is 2. The molecule has 0 amide bonds. The van der Waals surface area contributed by atoms with E-state index < -0.39 is 10.0 Å². The predicted octanol–water partition coefficient (Wildman–Crippen LogP) is 0.725. The van der Waals surface area contributed by atoms with Crippen molar-refractivity contribution in [3.05, 3.63) is 12.1 Å². The van der Waals surface area contributed by atoms with Crippen LogP contribution in [-0.4, -0.2) is 40.4 Å². The number of aliphatic hydroxyl groups is 1. The van der Waals surface area contributed by atoms with E-state index in [9.17, 15) is 8.42 Å². The number of rotatable bonds is 8. The molecule has 1 rings (SSSR count). The van der Waals surface area contributed by atoms with Crippen molar-refractivity contribution in [1.82, 2.24) is 4.72 Å². The maximum absolute atomic E-state index is 12.4. The third kappa shape index (κ3) is 4.23. The van der Waals surface area contributed by atoms with E-state index in [4.69, 9.17) is 20.3 Å². The second-order valence-corrected chi connectivity index (χ2v) is 6.17. The summed E-state index contributed by atoms with van der Waals surface area (Å²) in [4.78, 5) is -0.0558. The van der Waals surface area contributed by atoms with Gasteiger partial charge in [-0.25, -0.2) is 13.1 Å². The monoisotopic (exact) mass is 318 g/mol. The Morgan fingerprint density at radius 2 is 1.90 bits per heavy atom. The molecule has 0 aromatic heterocycles. The lowest BCUT2D eigenvalue weighted by Crippen LogP contribution is -2.35. The number of nitrogens with one attached hydrogen (secondary N) is 1. The number of nitrogens with two attached hydrogens (primary N) is 1. The van der Waals surface area contributed by atoms with Crippen molar-refractivity contribution >= 4 is 15.7 Å². The second-order valence-electron chi connectivity index (χ2n) is 4.48. The Hall–Kier alpha value is -1.51. The molecule has 0 aliphatic carbocycles. The van der Waals surface area contributed by atoms with Crippen molar-refractivity contribution in [1.29, 1.82) is 0 Å². The molecular weight excluding hydrogens is 296 g/mol. The van der Waals surface area contributed by atoms with Crippen LogP contribution in [0.15, 0.2) is 17.0 Å². The van der Waals surface area contributed by atoms with Crippen LogP contribution in [0.25, 0.3) is 0 Å². The van der Waals surface area contributed by atoms with Crippen molar-refractivity contribution < 1.29 is 23.0 Å². The molecule has 7 nitrogen and oxygen atoms in total. The summed E-state index contributed by atoms with van der Waals surface area (Å²) in [5.74, 6) is 0.487. The first-order chi connectivity index (χ1) is 9.89. The minimum atomic E-state index is -3.81. The molecule has 0 aliphatic heterocycles. The van der Waals surface area contributed by atoms with E-state index in [1.165, 1.54) is 26.4 Å². The van der Waals surface area contributed by atoms with Gasteiger partial charge in [0.2, 0.25) is 10.0 Å². The molecular formula is C13H22N2O5S. The summed E-state index contributed by atoms with van der Waals surface area (Å²) in [7, 11) is -0.999. The van der Waals surface area contributed by atoms with Gasteiger partial charge in [-0.15, -0.1) is 0 Å². The number of ether oxygens (including phenoxy) is 2. The highest BCUT2D eigenvalue weighted by Crippen LogP contribution is 2.33. The molecule has 4 N–H and O–H groups in total. The molecule has 1 aromatic rings. The maximum Gasteiger partial charge on any atom is 0.244 e. The number of benzene rings is 1. The number of hydrogen-bond donors (Lipinski definition) is 3. The highest BCUT2D eigenvalue weighted by molar-refractivity contribution is 7.89. The Morgan fingerprint density at radius 1 is 1.29 bits per heavy atom. The molecule has 0 saturated carbocycles. The summed E-state index contributed by atoms with van der Waals surface area (Å²) in [5.41, 5.74) is 5.96. The predicted molar refractivity (Wildman–Crippen MR) is 80.1 cm³/mol. The first kappa shape index (κ1) is 17.5. The number of aliphatic hydroxyl groups excluding tert-OH is 1. The first-order valence-electron chi connectivity index (χ1n) is 6.54. The summed E-state index contributed by atoms with van der Waals surface area (Å²) in [6.07, 6.45) is 0.900. The van der Waals surface area contributed by atoms with Gasteiger partial charge in [-0.05, 0) is 18.9 Å². The van der Waals surface area contributed by atoms with Crippen LogP contribution in [0.5, 0.6) is 11.5 Å². The molecule has 21 heavy (non-hydrogen) atoms. The largest absolute Gasteiger partial charge is 0.495 e. The molecule has 1 aromatic carbocycles. The molecule has 0 bridgehead atoms. The van der Waals surface area contributed by atoms with Gasteiger partial charge in [0.1, 0.15) is 16.4 Å². The van der Waals surface area contributed by atoms with Gasteiger partial charge in [-0.1, -0.05) is 6.92 Å². The van der Waals surface area contributed by atoms with Crippen molar-refractivity contribution in [2.24, 2.45) is 0 Å². The molecule has 0 heterocycles. The van der Waals surface area contributed by atoms with Gasteiger partial charge < -0.3 is 20.3 Å². The Morgan fingerprint density at radius 3 is 2.38 bits per heavy atom. The molecule has 120 valence electrons. The van der Waals surface area contributed by atoms with E-state index in [2.05, 4.69) is 4.72 Å². The second kappa shape index (κ2) is 7.48. The Kier molecular flexibility index (Phi) is 6.25. The van der Waals surface area contributed by atoms with Crippen LogP contribution in [0.1, 0.15) is 19.8 Å². The summed E-state index contributed by atoms with van der Waals surface area (Å²) in [5, 5.41) is 8.95. The summed E-state index contributed by atoms with van der Waals surface area (Å²) < 4.78 is 37.6. The number of hydrogen-bond acceptors (Lipinski definition) is 6. The van der Waals surface area contributed by atoms with Gasteiger partial charge >= 0.3 is 0 Å². The third-order valence-electron chi connectivity index (χ3n) is 3.10. The summed E-state index contributed by atoms with van der Waals surface area (Å²) in [6.45, 7) is 1.74. The number of nitrogen functional groups attached to an aromatic ring is 1. The molecule has 8 heteroatoms. The van der Waals surface area contributed by atoms with Crippen molar-refractivity contribution in [3.63, 3.8) is 0 Å². The van der Waals surface area contributed by atoms with Gasteiger partial charge in [-0.2, -0.15) is 0 Å². The first-order valence-corrected chi connectivity index (χ1v) is 8.02. The van der Waals surface area contributed by atoms with Gasteiger partial charge in [0.25, 0.3) is 0 Å². The van der Waals surface area contributed by atoms with E-state index in [0.29, 0.717) is 18.6 Å². The third-order valence-corrected chi connectivity index (χ3v) is 4.64. The smallest absolute Gasteiger partial charge is 0.244 e.